The Labute approximate surface area is 159 Å². The van der Waals surface area contributed by atoms with E-state index in [2.05, 4.69) is 52.1 Å². The molecule has 2 fully saturated rings. The number of rotatable bonds is 6. The molecule has 1 aromatic rings. The molecule has 1 aromatic carbocycles. The van der Waals surface area contributed by atoms with Gasteiger partial charge < -0.3 is 0 Å². The highest BCUT2D eigenvalue weighted by molar-refractivity contribution is 7.63. The third-order valence-corrected chi connectivity index (χ3v) is 9.98. The molecule has 5 heteroatoms. The molecule has 144 valence electrons. The van der Waals surface area contributed by atoms with Crippen molar-refractivity contribution in [2.45, 2.75) is 70.9 Å². The second kappa shape index (κ2) is 7.85. The normalized spacial score (nSPS) is 32.2. The number of fused-ring (bicyclic) bond motifs is 2. The van der Waals surface area contributed by atoms with E-state index in [4.69, 9.17) is 0 Å². The molecule has 2 heterocycles. The summed E-state index contributed by atoms with van der Waals surface area (Å²) >= 11 is 0. The van der Waals surface area contributed by atoms with Gasteiger partial charge in [0.25, 0.3) is 0 Å². The summed E-state index contributed by atoms with van der Waals surface area (Å²) in [6.45, 7) is 8.62. The highest BCUT2D eigenvalue weighted by atomic mass is 31.2. The predicted octanol–water partition coefficient (Wildman–Crippen LogP) is 4.64. The SMILES string of the molecule is CCCN(CCC)[P+]1(O)N2CCC[C@H]2CN1[C@H]1CCCc2ccccc21. The fourth-order valence-electron chi connectivity index (χ4n) is 5.41. The first kappa shape index (κ1) is 18.8. The van der Waals surface area contributed by atoms with E-state index in [-0.39, 0.29) is 0 Å². The maximum Gasteiger partial charge on any atom is 0.369 e. The third-order valence-electron chi connectivity index (χ3n) is 6.47. The molecule has 3 aliphatic rings. The van der Waals surface area contributed by atoms with Crippen LogP contribution in [-0.2, 0) is 6.42 Å². The molecule has 4 nitrogen and oxygen atoms in total. The van der Waals surface area contributed by atoms with Gasteiger partial charge in [-0.05, 0) is 56.1 Å². The molecule has 3 atom stereocenters. The van der Waals surface area contributed by atoms with Gasteiger partial charge in [-0.15, -0.1) is 14.0 Å². The Hall–Kier alpha value is -0.510. The van der Waals surface area contributed by atoms with Crippen LogP contribution in [0, 0.1) is 0 Å². The minimum atomic E-state index is -2.40. The van der Waals surface area contributed by atoms with Crippen LogP contribution in [0.5, 0.6) is 0 Å². The molecule has 0 bridgehead atoms. The lowest BCUT2D eigenvalue weighted by atomic mass is 9.87. The number of hydrogen-bond acceptors (Lipinski definition) is 4. The first-order chi connectivity index (χ1) is 12.7. The van der Waals surface area contributed by atoms with Crippen LogP contribution < -0.4 is 0 Å². The van der Waals surface area contributed by atoms with Crippen molar-refractivity contribution in [3.05, 3.63) is 35.4 Å². The molecular formula is C21H35N3OP+. The topological polar surface area (TPSA) is 30.0 Å². The van der Waals surface area contributed by atoms with Gasteiger partial charge in [0, 0.05) is 19.6 Å². The van der Waals surface area contributed by atoms with E-state index in [1.165, 1.54) is 43.2 Å². The minimum absolute atomic E-state index is 0.389. The summed E-state index contributed by atoms with van der Waals surface area (Å²) in [4.78, 5) is 12.3. The third kappa shape index (κ3) is 3.04. The summed E-state index contributed by atoms with van der Waals surface area (Å²) in [7, 11) is -2.40. The first-order valence-electron chi connectivity index (χ1n) is 10.7. The van der Waals surface area contributed by atoms with E-state index < -0.39 is 7.94 Å². The van der Waals surface area contributed by atoms with E-state index >= 15 is 0 Å². The van der Waals surface area contributed by atoms with Crippen LogP contribution in [-0.4, -0.2) is 51.1 Å². The smallest absolute Gasteiger partial charge is 0.196 e. The number of nitrogens with zero attached hydrogens (tertiary/aromatic N) is 3. The molecule has 4 rings (SSSR count). The van der Waals surface area contributed by atoms with Gasteiger partial charge in [0.2, 0.25) is 0 Å². The summed E-state index contributed by atoms with van der Waals surface area (Å²) in [5.74, 6) is 0. The van der Waals surface area contributed by atoms with Crippen molar-refractivity contribution in [1.82, 2.24) is 14.0 Å². The number of hydrogen-bond donors (Lipinski definition) is 1. The molecule has 0 saturated carbocycles. The molecule has 2 aliphatic heterocycles. The largest absolute Gasteiger partial charge is 0.369 e. The maximum absolute atomic E-state index is 12.3. The summed E-state index contributed by atoms with van der Waals surface area (Å²) in [5.41, 5.74) is 2.98. The first-order valence-corrected chi connectivity index (χ1v) is 12.3. The van der Waals surface area contributed by atoms with E-state index in [1.807, 2.05) is 0 Å². The Kier molecular flexibility index (Phi) is 5.69. The van der Waals surface area contributed by atoms with Crippen LogP contribution in [0.25, 0.3) is 0 Å². The second-order valence-corrected chi connectivity index (χ2v) is 10.8. The molecule has 1 aliphatic carbocycles. The average molecular weight is 377 g/mol. The molecule has 0 aromatic heterocycles. The van der Waals surface area contributed by atoms with Gasteiger partial charge in [-0.25, -0.2) is 0 Å². The molecule has 1 N–H and O–H groups in total. The monoisotopic (exact) mass is 376 g/mol. The molecular weight excluding hydrogens is 341 g/mol. The van der Waals surface area contributed by atoms with Gasteiger partial charge in [0.15, 0.2) is 0 Å². The van der Waals surface area contributed by atoms with E-state index in [1.54, 1.807) is 0 Å². The standard InChI is InChI=1S/C21H35N3OP/c1-3-14-22(15-4-2)26(25)23-16-8-11-19(23)17-24(26)21-13-7-10-18-9-5-6-12-20(18)21/h5-6,9,12,19,21,25H,3-4,7-8,10-11,13-17H2,1-2H3/q+1/t19-,21-,26?/m0/s1. The molecule has 0 radical (unpaired) electrons. The van der Waals surface area contributed by atoms with Crippen LogP contribution in [0.1, 0.15) is 69.5 Å². The molecule has 26 heavy (non-hydrogen) atoms. The van der Waals surface area contributed by atoms with Crippen LogP contribution in [0.3, 0.4) is 0 Å². The highest BCUT2D eigenvalue weighted by Crippen LogP contribution is 2.73. The molecule has 0 amide bonds. The predicted molar refractivity (Wildman–Crippen MR) is 110 cm³/mol. The van der Waals surface area contributed by atoms with E-state index in [0.29, 0.717) is 12.1 Å². The van der Waals surface area contributed by atoms with Crippen LogP contribution in [0.2, 0.25) is 0 Å². The minimum Gasteiger partial charge on any atom is -0.196 e. The average Bonchev–Trinajstić information content (AvgIpc) is 3.23. The van der Waals surface area contributed by atoms with Gasteiger partial charge in [-0.3, -0.25) is 0 Å². The van der Waals surface area contributed by atoms with Gasteiger partial charge in [0.05, 0.1) is 18.6 Å². The maximum atomic E-state index is 12.3. The molecule has 0 spiro atoms. The Morgan fingerprint density at radius 3 is 2.62 bits per heavy atom. The van der Waals surface area contributed by atoms with Gasteiger partial charge >= 0.3 is 7.94 Å². The Morgan fingerprint density at radius 2 is 1.85 bits per heavy atom. The Bertz CT molecular complexity index is 621. The van der Waals surface area contributed by atoms with Gasteiger partial charge in [-0.1, -0.05) is 38.1 Å². The number of aryl methyl sites for hydroxylation is 1. The summed E-state index contributed by atoms with van der Waals surface area (Å²) in [6, 6.07) is 9.91. The fourth-order valence-corrected chi connectivity index (χ4v) is 9.35. The van der Waals surface area contributed by atoms with Crippen molar-refractivity contribution < 1.29 is 4.89 Å². The second-order valence-electron chi connectivity index (χ2n) is 8.18. The Balaban J connectivity index is 1.72. The Morgan fingerprint density at radius 1 is 1.08 bits per heavy atom. The van der Waals surface area contributed by atoms with Crippen molar-refractivity contribution in [2.24, 2.45) is 0 Å². The number of benzene rings is 1. The summed E-state index contributed by atoms with van der Waals surface area (Å²) < 4.78 is 7.56. The summed E-state index contributed by atoms with van der Waals surface area (Å²) in [6.07, 6.45) is 8.33. The van der Waals surface area contributed by atoms with Gasteiger partial charge in [-0.2, -0.15) is 4.89 Å². The van der Waals surface area contributed by atoms with Crippen LogP contribution in [0.4, 0.5) is 0 Å². The lowest BCUT2D eigenvalue weighted by Gasteiger charge is -2.40. The quantitative estimate of drug-likeness (QED) is 0.733. The van der Waals surface area contributed by atoms with Crippen molar-refractivity contribution in [3.63, 3.8) is 0 Å². The van der Waals surface area contributed by atoms with E-state index in [0.717, 1.165) is 39.0 Å². The van der Waals surface area contributed by atoms with Crippen LogP contribution >= 0.6 is 7.94 Å². The van der Waals surface area contributed by atoms with Crippen LogP contribution in [0.15, 0.2) is 24.3 Å². The molecule has 2 saturated heterocycles. The molecule has 1 unspecified atom stereocenters. The van der Waals surface area contributed by atoms with Crippen molar-refractivity contribution in [2.75, 3.05) is 26.2 Å². The van der Waals surface area contributed by atoms with Gasteiger partial charge in [0.1, 0.15) is 0 Å². The summed E-state index contributed by atoms with van der Waals surface area (Å²) in [5, 5.41) is 0. The van der Waals surface area contributed by atoms with Crippen molar-refractivity contribution in [3.8, 4) is 0 Å². The van der Waals surface area contributed by atoms with Crippen molar-refractivity contribution in [1.29, 1.82) is 0 Å². The van der Waals surface area contributed by atoms with Crippen molar-refractivity contribution >= 4 is 7.94 Å². The van der Waals surface area contributed by atoms with E-state index in [9.17, 15) is 4.89 Å². The lowest BCUT2D eigenvalue weighted by molar-refractivity contribution is 0.248. The lowest BCUT2D eigenvalue weighted by Crippen LogP contribution is -2.41. The zero-order valence-corrected chi connectivity index (χ0v) is 17.4. The zero-order chi connectivity index (χ0) is 18.1. The fraction of sp³-hybridized carbons (Fsp3) is 0.714. The zero-order valence-electron chi connectivity index (χ0n) is 16.5. The highest BCUT2D eigenvalue weighted by Gasteiger charge is 2.66.